The Hall–Kier alpha value is -1.67. The summed E-state index contributed by atoms with van der Waals surface area (Å²) in [4.78, 5) is 24.5. The smallest absolute Gasteiger partial charge is 0.319 e. The van der Waals surface area contributed by atoms with Gasteiger partial charge in [0.1, 0.15) is 5.82 Å². The van der Waals surface area contributed by atoms with Gasteiger partial charge in [-0.05, 0) is 37.6 Å². The highest BCUT2D eigenvalue weighted by molar-refractivity contribution is 9.10. The molecule has 8 heteroatoms. The van der Waals surface area contributed by atoms with Crippen molar-refractivity contribution in [1.29, 1.82) is 0 Å². The van der Waals surface area contributed by atoms with E-state index in [1.807, 2.05) is 11.8 Å². The van der Waals surface area contributed by atoms with Crippen LogP contribution in [0, 0.1) is 5.82 Å². The SMILES string of the molecule is CCN(CC(=O)O)C1CC(NC(=O)Nc2ccc(Br)cc2F)C1. The van der Waals surface area contributed by atoms with Gasteiger partial charge >= 0.3 is 12.0 Å². The summed E-state index contributed by atoms with van der Waals surface area (Å²) in [5.41, 5.74) is 0.114. The van der Waals surface area contributed by atoms with Crippen LogP contribution in [0.5, 0.6) is 0 Å². The molecule has 2 rings (SSSR count). The number of nitrogens with one attached hydrogen (secondary N) is 2. The van der Waals surface area contributed by atoms with Crippen molar-refractivity contribution in [2.24, 2.45) is 0 Å². The maximum Gasteiger partial charge on any atom is 0.319 e. The first kappa shape index (κ1) is 17.7. The van der Waals surface area contributed by atoms with Gasteiger partial charge in [0.15, 0.2) is 0 Å². The largest absolute Gasteiger partial charge is 0.480 e. The van der Waals surface area contributed by atoms with E-state index >= 15 is 0 Å². The number of hydrogen-bond donors (Lipinski definition) is 3. The van der Waals surface area contributed by atoms with E-state index < -0.39 is 17.8 Å². The lowest BCUT2D eigenvalue weighted by atomic mass is 9.85. The molecule has 126 valence electrons. The van der Waals surface area contributed by atoms with Crippen LogP contribution in [0.3, 0.4) is 0 Å². The third-order valence-corrected chi connectivity index (χ3v) is 4.38. The number of urea groups is 1. The molecule has 0 aromatic heterocycles. The van der Waals surface area contributed by atoms with Gasteiger partial charge < -0.3 is 15.7 Å². The molecule has 0 aliphatic heterocycles. The van der Waals surface area contributed by atoms with Crippen LogP contribution >= 0.6 is 15.9 Å². The van der Waals surface area contributed by atoms with Crippen molar-refractivity contribution in [1.82, 2.24) is 10.2 Å². The Morgan fingerprint density at radius 2 is 2.13 bits per heavy atom. The molecule has 0 heterocycles. The summed E-state index contributed by atoms with van der Waals surface area (Å²) in [7, 11) is 0. The molecule has 6 nitrogen and oxygen atoms in total. The number of carboxylic acid groups (broad SMARTS) is 1. The van der Waals surface area contributed by atoms with Crippen molar-refractivity contribution < 1.29 is 19.1 Å². The minimum atomic E-state index is -0.855. The Morgan fingerprint density at radius 1 is 1.43 bits per heavy atom. The molecule has 0 saturated heterocycles. The number of carboxylic acids is 1. The normalized spacial score (nSPS) is 20.0. The number of carbonyl (C=O) groups is 2. The maximum atomic E-state index is 13.6. The first-order chi connectivity index (χ1) is 10.9. The van der Waals surface area contributed by atoms with Gasteiger partial charge in [-0.1, -0.05) is 22.9 Å². The first-order valence-electron chi connectivity index (χ1n) is 7.37. The van der Waals surface area contributed by atoms with Gasteiger partial charge in [-0.3, -0.25) is 9.69 Å². The Kier molecular flexibility index (Phi) is 5.95. The van der Waals surface area contributed by atoms with Gasteiger partial charge in [-0.2, -0.15) is 0 Å². The van der Waals surface area contributed by atoms with Gasteiger partial charge in [-0.15, -0.1) is 0 Å². The van der Waals surface area contributed by atoms with Crippen LogP contribution in [0.2, 0.25) is 0 Å². The molecule has 3 N–H and O–H groups in total. The summed E-state index contributed by atoms with van der Waals surface area (Å²) >= 11 is 3.15. The summed E-state index contributed by atoms with van der Waals surface area (Å²) in [5, 5.41) is 14.1. The molecule has 0 bridgehead atoms. The van der Waals surface area contributed by atoms with Crippen molar-refractivity contribution in [3.05, 3.63) is 28.5 Å². The van der Waals surface area contributed by atoms with Crippen LogP contribution in [-0.2, 0) is 4.79 Å². The molecule has 0 unspecified atom stereocenters. The number of likely N-dealkylation sites (N-methyl/N-ethyl adjacent to an activating group) is 1. The molecule has 0 atom stereocenters. The van der Waals surface area contributed by atoms with Gasteiger partial charge in [0.05, 0.1) is 12.2 Å². The molecule has 1 aromatic rings. The zero-order chi connectivity index (χ0) is 17.0. The topological polar surface area (TPSA) is 81.7 Å². The molecule has 0 radical (unpaired) electrons. The average Bonchev–Trinajstić information content (AvgIpc) is 2.43. The lowest BCUT2D eigenvalue weighted by Gasteiger charge is -2.42. The summed E-state index contributed by atoms with van der Waals surface area (Å²) in [6.45, 7) is 2.57. The van der Waals surface area contributed by atoms with Crippen LogP contribution in [0.1, 0.15) is 19.8 Å². The van der Waals surface area contributed by atoms with Crippen LogP contribution in [0.25, 0.3) is 0 Å². The van der Waals surface area contributed by atoms with E-state index in [4.69, 9.17) is 5.11 Å². The lowest BCUT2D eigenvalue weighted by Crippen LogP contribution is -2.55. The van der Waals surface area contributed by atoms with Crippen molar-refractivity contribution >= 4 is 33.6 Å². The summed E-state index contributed by atoms with van der Waals surface area (Å²) in [5.74, 6) is -1.37. The molecule has 1 aromatic carbocycles. The van der Waals surface area contributed by atoms with Gasteiger partial charge in [0.25, 0.3) is 0 Å². The maximum absolute atomic E-state index is 13.6. The molecular weight excluding hydrogens is 369 g/mol. The fraction of sp³-hybridized carbons (Fsp3) is 0.467. The predicted octanol–water partition coefficient (Wildman–Crippen LogP) is 2.65. The molecule has 23 heavy (non-hydrogen) atoms. The van der Waals surface area contributed by atoms with E-state index in [-0.39, 0.29) is 24.3 Å². The van der Waals surface area contributed by atoms with Gasteiger partial charge in [0, 0.05) is 16.6 Å². The Balaban J connectivity index is 1.78. The van der Waals surface area contributed by atoms with Crippen molar-refractivity contribution in [3.63, 3.8) is 0 Å². The molecule has 0 spiro atoms. The van der Waals surface area contributed by atoms with E-state index in [2.05, 4.69) is 26.6 Å². The van der Waals surface area contributed by atoms with E-state index in [9.17, 15) is 14.0 Å². The fourth-order valence-electron chi connectivity index (χ4n) is 2.61. The Labute approximate surface area is 142 Å². The third kappa shape index (κ3) is 4.90. The number of halogens is 2. The molecule has 1 saturated carbocycles. The number of nitrogens with zero attached hydrogens (tertiary/aromatic N) is 1. The summed E-state index contributed by atoms with van der Waals surface area (Å²) in [6.07, 6.45) is 1.38. The third-order valence-electron chi connectivity index (χ3n) is 3.89. The van der Waals surface area contributed by atoms with Crippen LogP contribution in [-0.4, -0.2) is 47.2 Å². The highest BCUT2D eigenvalue weighted by Gasteiger charge is 2.34. The number of rotatable bonds is 6. The standard InChI is InChI=1S/C15H19BrFN3O3/c1-2-20(8-14(21)22)11-6-10(7-11)18-15(23)19-13-4-3-9(16)5-12(13)17/h3-5,10-11H,2,6-8H2,1H3,(H,21,22)(H2,18,19,23). The van der Waals surface area contributed by atoms with E-state index in [1.54, 1.807) is 6.07 Å². The van der Waals surface area contributed by atoms with Crippen molar-refractivity contribution in [3.8, 4) is 0 Å². The quantitative estimate of drug-likeness (QED) is 0.700. The zero-order valence-electron chi connectivity index (χ0n) is 12.7. The molecule has 2 amide bonds. The fourth-order valence-corrected chi connectivity index (χ4v) is 2.94. The molecule has 1 aliphatic rings. The highest BCUT2D eigenvalue weighted by Crippen LogP contribution is 2.26. The summed E-state index contributed by atoms with van der Waals surface area (Å²) < 4.78 is 14.2. The van der Waals surface area contributed by atoms with E-state index in [0.717, 1.165) is 0 Å². The molecule has 1 aliphatic carbocycles. The van der Waals surface area contributed by atoms with Crippen molar-refractivity contribution in [2.45, 2.75) is 31.8 Å². The molecule has 1 fully saturated rings. The highest BCUT2D eigenvalue weighted by atomic mass is 79.9. The number of aliphatic carboxylic acids is 1. The van der Waals surface area contributed by atoms with Crippen LogP contribution in [0.15, 0.2) is 22.7 Å². The predicted molar refractivity (Wildman–Crippen MR) is 87.9 cm³/mol. The van der Waals surface area contributed by atoms with Gasteiger partial charge in [0.2, 0.25) is 0 Å². The van der Waals surface area contributed by atoms with Gasteiger partial charge in [-0.25, -0.2) is 9.18 Å². The number of carbonyl (C=O) groups excluding carboxylic acids is 1. The molecular formula is C15H19BrFN3O3. The summed E-state index contributed by atoms with van der Waals surface area (Å²) in [6, 6.07) is 4.07. The lowest BCUT2D eigenvalue weighted by molar-refractivity contribution is -0.139. The monoisotopic (exact) mass is 387 g/mol. The minimum Gasteiger partial charge on any atom is -0.480 e. The van der Waals surface area contributed by atoms with Crippen LogP contribution < -0.4 is 10.6 Å². The van der Waals surface area contributed by atoms with Crippen LogP contribution in [0.4, 0.5) is 14.9 Å². The average molecular weight is 388 g/mol. The second-order valence-corrected chi connectivity index (χ2v) is 6.42. The second kappa shape index (κ2) is 7.74. The number of benzene rings is 1. The minimum absolute atomic E-state index is 0.00415. The van der Waals surface area contributed by atoms with E-state index in [1.165, 1.54) is 12.1 Å². The van der Waals surface area contributed by atoms with Crippen molar-refractivity contribution in [2.75, 3.05) is 18.4 Å². The zero-order valence-corrected chi connectivity index (χ0v) is 14.3. The number of amides is 2. The Morgan fingerprint density at radius 3 is 2.70 bits per heavy atom. The Bertz CT molecular complexity index is 593. The number of hydrogen-bond acceptors (Lipinski definition) is 3. The number of anilines is 1. The van der Waals surface area contributed by atoms with E-state index in [0.29, 0.717) is 23.9 Å². The first-order valence-corrected chi connectivity index (χ1v) is 8.16. The second-order valence-electron chi connectivity index (χ2n) is 5.50.